The number of hydrogen-bond donors (Lipinski definition) is 1. The van der Waals surface area contributed by atoms with E-state index in [9.17, 15) is 0 Å². The third kappa shape index (κ3) is 4.25. The molecular weight excluding hydrogens is 294 g/mol. The summed E-state index contributed by atoms with van der Waals surface area (Å²) in [5, 5.41) is 4.94. The van der Waals surface area contributed by atoms with Crippen molar-refractivity contribution in [2.45, 2.75) is 19.5 Å². The monoisotopic (exact) mass is 321 g/mol. The van der Waals surface area contributed by atoms with Gasteiger partial charge in [0.05, 0.1) is 0 Å². The normalized spacial score (nSPS) is 11.5. The number of nitrogens with zero attached hydrogens (tertiary/aromatic N) is 2. The standard InChI is InChI=1S/C21H27N3/c1-23(2)14-8-13-22-15-19-17-24(16-18-9-4-3-5-10-18)21-12-7-6-11-20(19)21/h3-7,9-12,17,22H,8,13-16H2,1-2H3. The molecule has 1 heterocycles. The molecule has 3 nitrogen and oxygen atoms in total. The van der Waals surface area contributed by atoms with Crippen molar-refractivity contribution in [1.29, 1.82) is 0 Å². The number of rotatable bonds is 8. The predicted octanol–water partition coefficient (Wildman–Crippen LogP) is 3.73. The largest absolute Gasteiger partial charge is 0.343 e. The second-order valence-corrected chi connectivity index (χ2v) is 6.62. The van der Waals surface area contributed by atoms with Gasteiger partial charge in [-0.1, -0.05) is 48.5 Å². The molecular formula is C21H27N3. The lowest BCUT2D eigenvalue weighted by Gasteiger charge is -2.09. The summed E-state index contributed by atoms with van der Waals surface area (Å²) < 4.78 is 2.36. The summed E-state index contributed by atoms with van der Waals surface area (Å²) in [6.45, 7) is 4.02. The van der Waals surface area contributed by atoms with Crippen LogP contribution in [0.25, 0.3) is 10.9 Å². The second-order valence-electron chi connectivity index (χ2n) is 6.62. The Morgan fingerprint density at radius 3 is 2.50 bits per heavy atom. The molecule has 0 aliphatic carbocycles. The van der Waals surface area contributed by atoms with E-state index in [1.54, 1.807) is 0 Å². The van der Waals surface area contributed by atoms with Crippen molar-refractivity contribution < 1.29 is 0 Å². The summed E-state index contributed by atoms with van der Waals surface area (Å²) in [4.78, 5) is 2.23. The average molecular weight is 321 g/mol. The predicted molar refractivity (Wildman–Crippen MR) is 102 cm³/mol. The van der Waals surface area contributed by atoms with Crippen LogP contribution in [0.4, 0.5) is 0 Å². The van der Waals surface area contributed by atoms with E-state index in [1.165, 1.54) is 28.5 Å². The molecule has 0 unspecified atom stereocenters. The summed E-state index contributed by atoms with van der Waals surface area (Å²) in [5.41, 5.74) is 4.03. The van der Waals surface area contributed by atoms with Crippen LogP contribution in [0.15, 0.2) is 60.8 Å². The minimum Gasteiger partial charge on any atom is -0.343 e. The summed E-state index contributed by atoms with van der Waals surface area (Å²) in [5.74, 6) is 0. The van der Waals surface area contributed by atoms with Crippen molar-refractivity contribution in [1.82, 2.24) is 14.8 Å². The van der Waals surface area contributed by atoms with Gasteiger partial charge in [-0.25, -0.2) is 0 Å². The first-order chi connectivity index (χ1) is 11.7. The topological polar surface area (TPSA) is 20.2 Å². The Morgan fingerprint density at radius 2 is 1.71 bits per heavy atom. The number of para-hydroxylation sites is 1. The maximum atomic E-state index is 3.59. The first kappa shape index (κ1) is 16.7. The lowest BCUT2D eigenvalue weighted by molar-refractivity contribution is 0.394. The molecule has 2 aromatic carbocycles. The van der Waals surface area contributed by atoms with Gasteiger partial charge in [-0.15, -0.1) is 0 Å². The van der Waals surface area contributed by atoms with Crippen LogP contribution in [-0.2, 0) is 13.1 Å². The molecule has 0 aliphatic heterocycles. The summed E-state index contributed by atoms with van der Waals surface area (Å²) in [7, 11) is 4.24. The number of hydrogen-bond acceptors (Lipinski definition) is 2. The van der Waals surface area contributed by atoms with Crippen LogP contribution >= 0.6 is 0 Å². The Kier molecular flexibility index (Phi) is 5.68. The molecule has 3 aromatic rings. The molecule has 0 atom stereocenters. The molecule has 0 radical (unpaired) electrons. The molecule has 0 fully saturated rings. The minimum absolute atomic E-state index is 0.919. The molecule has 3 heteroatoms. The molecule has 0 spiro atoms. The maximum absolute atomic E-state index is 3.59. The zero-order valence-electron chi connectivity index (χ0n) is 14.7. The Hall–Kier alpha value is -2.10. The fourth-order valence-electron chi connectivity index (χ4n) is 3.12. The Bertz CT molecular complexity index is 759. The Labute approximate surface area is 144 Å². The van der Waals surface area contributed by atoms with Crippen LogP contribution in [-0.4, -0.2) is 36.7 Å². The molecule has 0 saturated heterocycles. The Morgan fingerprint density at radius 1 is 0.958 bits per heavy atom. The summed E-state index contributed by atoms with van der Waals surface area (Å²) in [6.07, 6.45) is 3.48. The van der Waals surface area contributed by atoms with Gasteiger partial charge >= 0.3 is 0 Å². The van der Waals surface area contributed by atoms with Crippen molar-refractivity contribution in [3.63, 3.8) is 0 Å². The van der Waals surface area contributed by atoms with Crippen LogP contribution in [0.3, 0.4) is 0 Å². The van der Waals surface area contributed by atoms with Gasteiger partial charge in [0.25, 0.3) is 0 Å². The molecule has 3 rings (SSSR count). The van der Waals surface area contributed by atoms with Gasteiger partial charge in [0.1, 0.15) is 0 Å². The third-order valence-corrected chi connectivity index (χ3v) is 4.34. The van der Waals surface area contributed by atoms with Crippen molar-refractivity contribution >= 4 is 10.9 Å². The lowest BCUT2D eigenvalue weighted by atomic mass is 10.2. The fraction of sp³-hybridized carbons (Fsp3) is 0.333. The van der Waals surface area contributed by atoms with Crippen molar-refractivity contribution in [2.75, 3.05) is 27.2 Å². The van der Waals surface area contributed by atoms with E-state index >= 15 is 0 Å². The number of benzene rings is 2. The minimum atomic E-state index is 0.919. The molecule has 1 N–H and O–H groups in total. The van der Waals surface area contributed by atoms with Crippen LogP contribution in [0, 0.1) is 0 Å². The Balaban J connectivity index is 1.72. The van der Waals surface area contributed by atoms with Crippen LogP contribution in [0.5, 0.6) is 0 Å². The van der Waals surface area contributed by atoms with Crippen LogP contribution in [0.1, 0.15) is 17.5 Å². The van der Waals surface area contributed by atoms with Crippen molar-refractivity contribution in [3.05, 3.63) is 71.9 Å². The highest BCUT2D eigenvalue weighted by Gasteiger charge is 2.08. The van der Waals surface area contributed by atoms with Crippen molar-refractivity contribution in [3.8, 4) is 0 Å². The number of nitrogens with one attached hydrogen (secondary N) is 1. The van der Waals surface area contributed by atoms with Gasteiger partial charge < -0.3 is 14.8 Å². The summed E-state index contributed by atoms with van der Waals surface area (Å²) >= 11 is 0. The average Bonchev–Trinajstić information content (AvgIpc) is 2.93. The van der Waals surface area contributed by atoms with E-state index in [4.69, 9.17) is 0 Å². The highest BCUT2D eigenvalue weighted by molar-refractivity contribution is 5.84. The molecule has 24 heavy (non-hydrogen) atoms. The smallest absolute Gasteiger partial charge is 0.0486 e. The van der Waals surface area contributed by atoms with Gasteiger partial charge in [0, 0.05) is 30.2 Å². The number of fused-ring (bicyclic) bond motifs is 1. The van der Waals surface area contributed by atoms with Gasteiger partial charge in [-0.2, -0.15) is 0 Å². The quantitative estimate of drug-likeness (QED) is 0.638. The highest BCUT2D eigenvalue weighted by Crippen LogP contribution is 2.22. The van der Waals surface area contributed by atoms with E-state index in [0.717, 1.165) is 26.2 Å². The van der Waals surface area contributed by atoms with Gasteiger partial charge in [0.15, 0.2) is 0 Å². The first-order valence-electron chi connectivity index (χ1n) is 8.70. The zero-order valence-corrected chi connectivity index (χ0v) is 14.7. The van der Waals surface area contributed by atoms with Gasteiger partial charge in [-0.3, -0.25) is 0 Å². The van der Waals surface area contributed by atoms with Gasteiger partial charge in [-0.05, 0) is 50.8 Å². The maximum Gasteiger partial charge on any atom is 0.0486 e. The molecule has 126 valence electrons. The van der Waals surface area contributed by atoms with Crippen LogP contribution in [0.2, 0.25) is 0 Å². The summed E-state index contributed by atoms with van der Waals surface area (Å²) in [6, 6.07) is 19.4. The third-order valence-electron chi connectivity index (χ3n) is 4.34. The van der Waals surface area contributed by atoms with E-state index < -0.39 is 0 Å². The molecule has 0 saturated carbocycles. The lowest BCUT2D eigenvalue weighted by Crippen LogP contribution is -2.20. The number of aromatic nitrogens is 1. The first-order valence-corrected chi connectivity index (χ1v) is 8.70. The molecule has 1 aromatic heterocycles. The molecule has 0 bridgehead atoms. The SMILES string of the molecule is CN(C)CCCNCc1cn(Cc2ccccc2)c2ccccc12. The van der Waals surface area contributed by atoms with E-state index in [2.05, 4.69) is 89.7 Å². The molecule has 0 amide bonds. The van der Waals surface area contributed by atoms with Gasteiger partial charge in [0.2, 0.25) is 0 Å². The van der Waals surface area contributed by atoms with Crippen LogP contribution < -0.4 is 5.32 Å². The van der Waals surface area contributed by atoms with E-state index in [-0.39, 0.29) is 0 Å². The second kappa shape index (κ2) is 8.13. The molecule has 0 aliphatic rings. The zero-order chi connectivity index (χ0) is 16.8. The highest BCUT2D eigenvalue weighted by atomic mass is 15.1. The van der Waals surface area contributed by atoms with Crippen molar-refractivity contribution in [2.24, 2.45) is 0 Å². The fourth-order valence-corrected chi connectivity index (χ4v) is 3.12. The van der Waals surface area contributed by atoms with E-state index in [1.807, 2.05) is 0 Å². The van der Waals surface area contributed by atoms with E-state index in [0.29, 0.717) is 0 Å².